The lowest BCUT2D eigenvalue weighted by molar-refractivity contribution is 0.0985. The van der Waals surface area contributed by atoms with Crippen LogP contribution in [-0.2, 0) is 0 Å². The molecule has 4 nitrogen and oxygen atoms in total. The Morgan fingerprint density at radius 2 is 1.65 bits per heavy atom. The number of para-hydroxylation sites is 2. The van der Waals surface area contributed by atoms with Crippen molar-refractivity contribution >= 4 is 44.5 Å². The zero-order valence-corrected chi connectivity index (χ0v) is 18.1. The summed E-state index contributed by atoms with van der Waals surface area (Å²) in [5.74, 6) is -0.175. The van der Waals surface area contributed by atoms with E-state index in [-0.39, 0.29) is 5.91 Å². The highest BCUT2D eigenvalue weighted by atomic mass is 79.9. The number of amides is 1. The lowest BCUT2D eigenvalue weighted by Crippen LogP contribution is -2.40. The third-order valence-electron chi connectivity index (χ3n) is 4.89. The SMILES string of the molecule is N#CC1C=Cc2ccccc2N1C(=O)c1ccc(Br)cc1.c1ccc2ncccc2c1. The predicted molar refractivity (Wildman–Crippen MR) is 128 cm³/mol. The summed E-state index contributed by atoms with van der Waals surface area (Å²) in [7, 11) is 0. The highest BCUT2D eigenvalue weighted by Gasteiger charge is 2.28. The second kappa shape index (κ2) is 9.38. The number of pyridine rings is 1. The highest BCUT2D eigenvalue weighted by molar-refractivity contribution is 9.10. The van der Waals surface area contributed by atoms with E-state index in [0.717, 1.165) is 21.2 Å². The Kier molecular flexibility index (Phi) is 6.21. The molecule has 0 fully saturated rings. The molecule has 0 aliphatic carbocycles. The first-order valence-electron chi connectivity index (χ1n) is 9.73. The minimum absolute atomic E-state index is 0.175. The van der Waals surface area contributed by atoms with Crippen LogP contribution in [0.3, 0.4) is 0 Å². The van der Waals surface area contributed by atoms with Crippen molar-refractivity contribution in [1.29, 1.82) is 5.26 Å². The third-order valence-corrected chi connectivity index (χ3v) is 5.42. The first kappa shape index (κ1) is 20.5. The standard InChI is InChI=1S/C17H11BrN2O.C9H7N/c18-14-8-5-13(6-9-14)17(21)20-15(11-19)10-7-12-3-1-2-4-16(12)20;1-2-6-9-8(4-1)5-3-7-10-9/h1-10,15H;1-7H. The molecule has 1 aliphatic heterocycles. The molecule has 31 heavy (non-hydrogen) atoms. The van der Waals surface area contributed by atoms with E-state index < -0.39 is 6.04 Å². The van der Waals surface area contributed by atoms with Crippen molar-refractivity contribution < 1.29 is 4.79 Å². The Hall–Kier alpha value is -3.75. The Morgan fingerprint density at radius 1 is 0.935 bits per heavy atom. The predicted octanol–water partition coefficient (Wildman–Crippen LogP) is 6.25. The number of hydrogen-bond acceptors (Lipinski definition) is 3. The van der Waals surface area contributed by atoms with Crippen LogP contribution in [0.4, 0.5) is 5.69 Å². The number of fused-ring (bicyclic) bond motifs is 2. The summed E-state index contributed by atoms with van der Waals surface area (Å²) in [4.78, 5) is 18.5. The van der Waals surface area contributed by atoms with Crippen LogP contribution < -0.4 is 4.90 Å². The van der Waals surface area contributed by atoms with Gasteiger partial charge >= 0.3 is 0 Å². The van der Waals surface area contributed by atoms with Gasteiger partial charge in [0.25, 0.3) is 5.91 Å². The van der Waals surface area contributed by atoms with Gasteiger partial charge < -0.3 is 0 Å². The molecule has 1 unspecified atom stereocenters. The normalized spacial score (nSPS) is 14.2. The number of aromatic nitrogens is 1. The largest absolute Gasteiger partial charge is 0.288 e. The van der Waals surface area contributed by atoms with Gasteiger partial charge in [-0.05, 0) is 54.1 Å². The molecule has 1 amide bonds. The van der Waals surface area contributed by atoms with Crippen molar-refractivity contribution in [2.24, 2.45) is 0 Å². The van der Waals surface area contributed by atoms with E-state index in [1.165, 1.54) is 5.39 Å². The maximum absolute atomic E-state index is 12.8. The van der Waals surface area contributed by atoms with E-state index >= 15 is 0 Å². The topological polar surface area (TPSA) is 57.0 Å². The number of hydrogen-bond donors (Lipinski definition) is 0. The molecule has 150 valence electrons. The molecule has 1 atom stereocenters. The van der Waals surface area contributed by atoms with Crippen molar-refractivity contribution in [2.75, 3.05) is 4.90 Å². The number of nitriles is 1. The second-order valence-electron chi connectivity index (χ2n) is 6.87. The number of carbonyl (C=O) groups is 1. The van der Waals surface area contributed by atoms with Crippen molar-refractivity contribution in [3.63, 3.8) is 0 Å². The Balaban J connectivity index is 0.000000192. The van der Waals surface area contributed by atoms with E-state index in [0.29, 0.717) is 5.56 Å². The summed E-state index contributed by atoms with van der Waals surface area (Å²) < 4.78 is 0.912. The Bertz CT molecular complexity index is 1230. The van der Waals surface area contributed by atoms with Crippen molar-refractivity contribution in [1.82, 2.24) is 4.98 Å². The van der Waals surface area contributed by atoms with Gasteiger partial charge in [-0.25, -0.2) is 0 Å². The number of rotatable bonds is 1. The highest BCUT2D eigenvalue weighted by Crippen LogP contribution is 2.30. The average molecular weight is 468 g/mol. The lowest BCUT2D eigenvalue weighted by atomic mass is 10.0. The average Bonchev–Trinajstić information content (AvgIpc) is 2.84. The van der Waals surface area contributed by atoms with Gasteiger partial charge in [0, 0.05) is 21.6 Å². The molecule has 2 heterocycles. The van der Waals surface area contributed by atoms with Gasteiger partial charge in [0.1, 0.15) is 6.04 Å². The van der Waals surface area contributed by atoms with Gasteiger partial charge in [0.15, 0.2) is 0 Å². The van der Waals surface area contributed by atoms with Crippen LogP contribution in [0.15, 0.2) is 102 Å². The molecule has 0 N–H and O–H groups in total. The molecule has 0 saturated carbocycles. The molecule has 0 radical (unpaired) electrons. The number of benzene rings is 3. The summed E-state index contributed by atoms with van der Waals surface area (Å²) in [6, 6.07) is 28.4. The van der Waals surface area contributed by atoms with Gasteiger partial charge in [0.05, 0.1) is 17.3 Å². The van der Waals surface area contributed by atoms with Crippen molar-refractivity contribution in [2.45, 2.75) is 6.04 Å². The summed E-state index contributed by atoms with van der Waals surface area (Å²) in [5.41, 5.74) is 3.32. The number of carbonyl (C=O) groups excluding carboxylic acids is 1. The molecule has 1 aliphatic rings. The second-order valence-corrected chi connectivity index (χ2v) is 7.79. The van der Waals surface area contributed by atoms with Crippen LogP contribution in [0.25, 0.3) is 17.0 Å². The van der Waals surface area contributed by atoms with Crippen LogP contribution in [0.5, 0.6) is 0 Å². The summed E-state index contributed by atoms with van der Waals surface area (Å²) in [5, 5.41) is 10.5. The molecule has 3 aromatic carbocycles. The fraction of sp³-hybridized carbons (Fsp3) is 0.0385. The first-order valence-corrected chi connectivity index (χ1v) is 10.5. The van der Waals surface area contributed by atoms with Gasteiger partial charge in [0.2, 0.25) is 0 Å². The summed E-state index contributed by atoms with van der Waals surface area (Å²) in [6.45, 7) is 0. The smallest absolute Gasteiger partial charge is 0.259 e. The molecule has 0 saturated heterocycles. The van der Waals surface area contributed by atoms with Crippen molar-refractivity contribution in [3.8, 4) is 6.07 Å². The molecule has 1 aromatic heterocycles. The van der Waals surface area contributed by atoms with E-state index in [9.17, 15) is 10.1 Å². The molecule has 0 spiro atoms. The monoisotopic (exact) mass is 467 g/mol. The zero-order chi connectivity index (χ0) is 21.6. The Morgan fingerprint density at radius 3 is 2.42 bits per heavy atom. The van der Waals surface area contributed by atoms with E-state index in [4.69, 9.17) is 0 Å². The van der Waals surface area contributed by atoms with E-state index in [2.05, 4.69) is 39.1 Å². The lowest BCUT2D eigenvalue weighted by Gasteiger charge is -2.30. The summed E-state index contributed by atoms with van der Waals surface area (Å²) >= 11 is 3.35. The molecule has 0 bridgehead atoms. The van der Waals surface area contributed by atoms with E-state index in [1.807, 2.05) is 72.9 Å². The fourth-order valence-electron chi connectivity index (χ4n) is 3.36. The number of anilines is 1. The molecular formula is C26H18BrN3O. The fourth-order valence-corrected chi connectivity index (χ4v) is 3.63. The number of halogens is 1. The van der Waals surface area contributed by atoms with Crippen LogP contribution in [0.2, 0.25) is 0 Å². The maximum atomic E-state index is 12.8. The van der Waals surface area contributed by atoms with Crippen LogP contribution in [0, 0.1) is 11.3 Å². The summed E-state index contributed by atoms with van der Waals surface area (Å²) in [6.07, 6.45) is 5.44. The molecule has 4 aromatic rings. The zero-order valence-electron chi connectivity index (χ0n) is 16.5. The Labute approximate surface area is 189 Å². The first-order chi connectivity index (χ1) is 15.2. The van der Waals surface area contributed by atoms with Crippen LogP contribution in [0.1, 0.15) is 15.9 Å². The van der Waals surface area contributed by atoms with Crippen molar-refractivity contribution in [3.05, 3.63) is 113 Å². The van der Waals surface area contributed by atoms with Crippen LogP contribution in [-0.4, -0.2) is 16.9 Å². The third kappa shape index (κ3) is 4.55. The number of nitrogens with zero attached hydrogens (tertiary/aromatic N) is 3. The molecular weight excluding hydrogens is 450 g/mol. The van der Waals surface area contributed by atoms with E-state index in [1.54, 1.807) is 23.1 Å². The molecule has 5 heteroatoms. The minimum atomic E-state index is -0.587. The van der Waals surface area contributed by atoms with Gasteiger partial charge in [-0.3, -0.25) is 14.7 Å². The minimum Gasteiger partial charge on any atom is -0.288 e. The van der Waals surface area contributed by atoms with Gasteiger partial charge in [-0.1, -0.05) is 64.5 Å². The molecule has 5 rings (SSSR count). The van der Waals surface area contributed by atoms with Gasteiger partial charge in [-0.15, -0.1) is 0 Å². The quantitative estimate of drug-likeness (QED) is 0.332. The van der Waals surface area contributed by atoms with Gasteiger partial charge in [-0.2, -0.15) is 5.26 Å². The maximum Gasteiger partial charge on any atom is 0.259 e. The van der Waals surface area contributed by atoms with Crippen LogP contribution >= 0.6 is 15.9 Å².